The topological polar surface area (TPSA) is 112 Å². The summed E-state index contributed by atoms with van der Waals surface area (Å²) in [7, 11) is 0. The molecule has 1 aliphatic rings. The van der Waals surface area contributed by atoms with Crippen LogP contribution in [0.25, 0.3) is 10.8 Å². The Labute approximate surface area is 176 Å². The first-order chi connectivity index (χ1) is 13.4. The van der Waals surface area contributed by atoms with Gasteiger partial charge in [0.15, 0.2) is 12.4 Å². The molecule has 0 unspecified atom stereocenters. The van der Waals surface area contributed by atoms with E-state index < -0.39 is 0 Å². The lowest BCUT2D eigenvalue weighted by Gasteiger charge is -2.17. The van der Waals surface area contributed by atoms with Crippen molar-refractivity contribution in [2.75, 3.05) is 6.54 Å². The molecule has 0 amide bonds. The van der Waals surface area contributed by atoms with Crippen LogP contribution in [0.15, 0.2) is 51.7 Å². The summed E-state index contributed by atoms with van der Waals surface area (Å²) < 4.78 is 1.83. The molecule has 0 aliphatic carbocycles. The number of aromatic nitrogens is 1. The molecule has 0 atom stereocenters. The van der Waals surface area contributed by atoms with Crippen LogP contribution < -0.4 is 10.3 Å². The molecule has 0 fully saturated rings. The van der Waals surface area contributed by atoms with Gasteiger partial charge >= 0.3 is 0 Å². The molecule has 4 rings (SSSR count). The lowest BCUT2D eigenvalue weighted by Crippen LogP contribution is -2.24. The Bertz CT molecular complexity index is 1070. The highest BCUT2D eigenvalue weighted by Gasteiger charge is 2.21. The van der Waals surface area contributed by atoms with Gasteiger partial charge < -0.3 is 5.32 Å². The van der Waals surface area contributed by atoms with Crippen LogP contribution in [-0.4, -0.2) is 16.4 Å². The van der Waals surface area contributed by atoms with E-state index in [0.717, 1.165) is 38.4 Å². The van der Waals surface area contributed by atoms with Crippen molar-refractivity contribution in [3.63, 3.8) is 0 Å². The van der Waals surface area contributed by atoms with Gasteiger partial charge in [-0.1, -0.05) is 31.9 Å². The number of nitro benzene ring substituents is 2. The smallest absolute Gasteiger partial charge is 0.283 e. The molecule has 10 heteroatoms. The fourth-order valence-electron chi connectivity index (χ4n) is 3.06. The standard InChI is InChI=1S/C9H9BrN2O2.C9H5BrN2O2/c2*10-8-1-2-9(12(13)14)7-5-11-4-3-6(7)8/h1-2,11H,3-5H2;1-5H/p+1. The van der Waals surface area contributed by atoms with Crippen molar-refractivity contribution in [1.29, 1.82) is 0 Å². The second-order valence-electron chi connectivity index (χ2n) is 6.00. The number of halogens is 2. The number of non-ortho nitro benzene ring substituents is 1. The van der Waals surface area contributed by atoms with E-state index in [1.165, 1.54) is 6.07 Å². The number of aromatic amines is 1. The predicted molar refractivity (Wildman–Crippen MR) is 111 cm³/mol. The molecule has 144 valence electrons. The molecular formula is C18H15Br2N4O4+. The first-order valence-corrected chi connectivity index (χ1v) is 9.87. The third-order valence-corrected chi connectivity index (χ3v) is 5.82. The largest absolute Gasteiger partial charge is 0.312 e. The summed E-state index contributed by atoms with van der Waals surface area (Å²) in [4.78, 5) is 23.6. The van der Waals surface area contributed by atoms with E-state index in [1.807, 2.05) is 0 Å². The molecular weight excluding hydrogens is 496 g/mol. The number of hydrogen-bond donors (Lipinski definition) is 1. The zero-order valence-corrected chi connectivity index (χ0v) is 17.6. The highest BCUT2D eigenvalue weighted by Crippen LogP contribution is 2.31. The van der Waals surface area contributed by atoms with E-state index in [2.05, 4.69) is 42.2 Å². The highest BCUT2D eigenvalue weighted by molar-refractivity contribution is 9.11. The Morgan fingerprint density at radius 2 is 1.57 bits per heavy atom. The molecule has 0 saturated heterocycles. The molecule has 28 heavy (non-hydrogen) atoms. The van der Waals surface area contributed by atoms with Crippen molar-refractivity contribution in [2.24, 2.45) is 0 Å². The molecule has 1 aliphatic heterocycles. The van der Waals surface area contributed by atoms with Gasteiger partial charge in [0.05, 0.1) is 9.85 Å². The third-order valence-electron chi connectivity index (χ3n) is 4.38. The molecule has 2 aromatic carbocycles. The minimum absolute atomic E-state index is 0.111. The fourth-order valence-corrected chi connectivity index (χ4v) is 4.11. The van der Waals surface area contributed by atoms with E-state index in [0.29, 0.717) is 11.9 Å². The van der Waals surface area contributed by atoms with Crippen LogP contribution in [0.3, 0.4) is 0 Å². The first kappa shape index (κ1) is 20.3. The van der Waals surface area contributed by atoms with Gasteiger partial charge in [-0.25, -0.2) is 4.98 Å². The maximum Gasteiger partial charge on any atom is 0.283 e. The third kappa shape index (κ3) is 4.18. The van der Waals surface area contributed by atoms with Crippen molar-refractivity contribution >= 4 is 54.0 Å². The summed E-state index contributed by atoms with van der Waals surface area (Å²) in [5.41, 5.74) is 2.21. The lowest BCUT2D eigenvalue weighted by molar-refractivity contribution is -0.387. The Morgan fingerprint density at radius 1 is 0.893 bits per heavy atom. The Balaban J connectivity index is 0.000000161. The second-order valence-corrected chi connectivity index (χ2v) is 7.71. The Hall–Kier alpha value is -2.43. The number of nitro groups is 2. The molecule has 2 N–H and O–H groups in total. The molecule has 0 saturated carbocycles. The molecule has 0 bridgehead atoms. The first-order valence-electron chi connectivity index (χ1n) is 8.28. The van der Waals surface area contributed by atoms with Crippen LogP contribution in [0.4, 0.5) is 11.4 Å². The summed E-state index contributed by atoms with van der Waals surface area (Å²) in [6.45, 7) is 1.47. The van der Waals surface area contributed by atoms with Gasteiger partial charge in [0, 0.05) is 44.6 Å². The summed E-state index contributed by atoms with van der Waals surface area (Å²) in [6.07, 6.45) is 4.20. The summed E-state index contributed by atoms with van der Waals surface area (Å²) >= 11 is 6.76. The fraction of sp³-hybridized carbons (Fsp3) is 0.167. The van der Waals surface area contributed by atoms with Gasteiger partial charge in [0.25, 0.3) is 11.4 Å². The van der Waals surface area contributed by atoms with Gasteiger partial charge in [-0.05, 0) is 30.7 Å². The zero-order chi connectivity index (χ0) is 20.3. The van der Waals surface area contributed by atoms with Crippen molar-refractivity contribution in [1.82, 2.24) is 5.32 Å². The number of benzene rings is 2. The van der Waals surface area contributed by atoms with Crippen LogP contribution in [0.2, 0.25) is 0 Å². The maximum atomic E-state index is 10.7. The number of nitrogens with one attached hydrogen (secondary N) is 2. The average Bonchev–Trinajstić information content (AvgIpc) is 2.69. The van der Waals surface area contributed by atoms with Gasteiger partial charge in [0.2, 0.25) is 0 Å². The van der Waals surface area contributed by atoms with Gasteiger partial charge in [-0.2, -0.15) is 0 Å². The van der Waals surface area contributed by atoms with Crippen LogP contribution in [0.5, 0.6) is 0 Å². The number of H-pyrrole nitrogens is 1. The summed E-state index contributed by atoms with van der Waals surface area (Å²) in [5, 5.41) is 26.0. The summed E-state index contributed by atoms with van der Waals surface area (Å²) in [6, 6.07) is 8.27. The number of pyridine rings is 1. The van der Waals surface area contributed by atoms with Crippen molar-refractivity contribution < 1.29 is 14.8 Å². The zero-order valence-electron chi connectivity index (χ0n) is 14.4. The average molecular weight is 511 g/mol. The van der Waals surface area contributed by atoms with E-state index in [9.17, 15) is 20.2 Å². The Kier molecular flexibility index (Phi) is 6.32. The van der Waals surface area contributed by atoms with Crippen LogP contribution in [0, 0.1) is 20.2 Å². The molecule has 0 radical (unpaired) electrons. The van der Waals surface area contributed by atoms with E-state index in [-0.39, 0.29) is 21.2 Å². The molecule has 0 spiro atoms. The number of hydrogen-bond acceptors (Lipinski definition) is 5. The molecule has 2 heterocycles. The number of fused-ring (bicyclic) bond motifs is 2. The second kappa shape index (κ2) is 8.72. The quantitative estimate of drug-likeness (QED) is 0.407. The van der Waals surface area contributed by atoms with Gasteiger partial charge in [-0.3, -0.25) is 20.2 Å². The van der Waals surface area contributed by atoms with Crippen molar-refractivity contribution in [3.8, 4) is 0 Å². The summed E-state index contributed by atoms with van der Waals surface area (Å²) in [5.74, 6) is 0. The highest BCUT2D eigenvalue weighted by atomic mass is 79.9. The maximum absolute atomic E-state index is 10.7. The van der Waals surface area contributed by atoms with Crippen LogP contribution >= 0.6 is 31.9 Å². The predicted octanol–water partition coefficient (Wildman–Crippen LogP) is 4.33. The monoisotopic (exact) mass is 509 g/mol. The van der Waals surface area contributed by atoms with E-state index in [1.54, 1.807) is 36.7 Å². The number of nitrogens with zero attached hydrogens (tertiary/aromatic N) is 2. The van der Waals surface area contributed by atoms with Crippen molar-refractivity contribution in [3.05, 3.63) is 83.0 Å². The minimum atomic E-state index is -0.386. The van der Waals surface area contributed by atoms with Gasteiger partial charge in [-0.15, -0.1) is 0 Å². The lowest BCUT2D eigenvalue weighted by atomic mass is 9.99. The molecule has 8 nitrogen and oxygen atoms in total. The normalized spacial score (nSPS) is 12.6. The van der Waals surface area contributed by atoms with E-state index in [4.69, 9.17) is 0 Å². The minimum Gasteiger partial charge on any atom is -0.312 e. The van der Waals surface area contributed by atoms with Crippen molar-refractivity contribution in [2.45, 2.75) is 13.0 Å². The molecule has 1 aromatic heterocycles. The number of rotatable bonds is 2. The SMILES string of the molecule is O=[N+]([O-])c1ccc(Br)c2c1CNCC2.O=[N+]([O-])c1ccc(Br)c2cc[nH+]cc12. The van der Waals surface area contributed by atoms with Gasteiger partial charge in [0.1, 0.15) is 5.39 Å². The van der Waals surface area contributed by atoms with Crippen LogP contribution in [-0.2, 0) is 13.0 Å². The Morgan fingerprint density at radius 3 is 2.29 bits per heavy atom. The van der Waals surface area contributed by atoms with E-state index >= 15 is 0 Å². The van der Waals surface area contributed by atoms with Crippen LogP contribution in [0.1, 0.15) is 11.1 Å². The molecule has 3 aromatic rings.